The third-order valence-electron chi connectivity index (χ3n) is 3.34. The second-order valence-electron chi connectivity index (χ2n) is 4.95. The van der Waals surface area contributed by atoms with Crippen molar-refractivity contribution in [2.75, 3.05) is 6.61 Å². The Balaban J connectivity index is 2.95. The minimum absolute atomic E-state index is 0.189. The number of carbonyl (C=O) groups excluding carboxylic acids is 1. The largest absolute Gasteiger partial charge is 0.394 e. The Kier molecular flexibility index (Phi) is 5.69. The molecule has 7 nitrogen and oxygen atoms in total. The van der Waals surface area contributed by atoms with Crippen LogP contribution in [0.5, 0.6) is 0 Å². The van der Waals surface area contributed by atoms with Gasteiger partial charge >= 0.3 is 0 Å². The van der Waals surface area contributed by atoms with Crippen LogP contribution in [0.2, 0.25) is 0 Å². The summed E-state index contributed by atoms with van der Waals surface area (Å²) in [6.45, 7) is 2.64. The van der Waals surface area contributed by atoms with Crippen molar-refractivity contribution in [1.29, 1.82) is 0 Å². The van der Waals surface area contributed by atoms with Gasteiger partial charge in [0.25, 0.3) is 0 Å². The highest BCUT2D eigenvalue weighted by Crippen LogP contribution is 2.32. The number of aliphatic hydroxyl groups excluding tert-OH is 3. The lowest BCUT2D eigenvalue weighted by Gasteiger charge is -2.47. The third-order valence-corrected chi connectivity index (χ3v) is 3.34. The van der Waals surface area contributed by atoms with Crippen LogP contribution in [-0.2, 0) is 9.53 Å². The van der Waals surface area contributed by atoms with Crippen LogP contribution in [0.25, 0.3) is 0 Å². The van der Waals surface area contributed by atoms with Crippen LogP contribution in [0.4, 0.5) is 0 Å². The lowest BCUT2D eigenvalue weighted by molar-refractivity contribution is -0.320. The van der Waals surface area contributed by atoms with Gasteiger partial charge in [-0.25, -0.2) is 0 Å². The first-order valence-corrected chi connectivity index (χ1v) is 6.50. The number of aliphatic hydroxyl groups is 4. The predicted molar refractivity (Wildman–Crippen MR) is 66.1 cm³/mol. The molecule has 7 heteroatoms. The molecular formula is C12H23NO6. The summed E-state index contributed by atoms with van der Waals surface area (Å²) in [5, 5.41) is 41.8. The van der Waals surface area contributed by atoms with Crippen molar-refractivity contribution in [3.63, 3.8) is 0 Å². The van der Waals surface area contributed by atoms with Gasteiger partial charge in [-0.1, -0.05) is 13.3 Å². The number of unbranched alkanes of at least 4 members (excludes halogenated alkanes) is 1. The first-order chi connectivity index (χ1) is 8.85. The fraction of sp³-hybridized carbons (Fsp3) is 0.917. The molecule has 5 atom stereocenters. The van der Waals surface area contributed by atoms with Gasteiger partial charge in [0.05, 0.1) is 6.61 Å². The molecule has 1 rings (SSSR count). The molecule has 1 amide bonds. The first-order valence-electron chi connectivity index (χ1n) is 6.50. The minimum atomic E-state index is -1.80. The van der Waals surface area contributed by atoms with Crippen LogP contribution in [0.15, 0.2) is 0 Å². The summed E-state index contributed by atoms with van der Waals surface area (Å²) >= 11 is 0. The number of nitrogens with one attached hydrogen (secondary N) is 1. The SMILES string of the molecule is CCCC[C@@]1(O)O[C@H](CO)[C@@H](O)[C@H](O)[C@H]1NC(C)=O. The van der Waals surface area contributed by atoms with E-state index in [0.29, 0.717) is 6.42 Å². The van der Waals surface area contributed by atoms with Gasteiger partial charge in [-0.05, 0) is 6.42 Å². The Morgan fingerprint density at radius 2 is 2.00 bits per heavy atom. The van der Waals surface area contributed by atoms with Crippen molar-refractivity contribution in [2.45, 2.75) is 63.3 Å². The molecule has 0 spiro atoms. The molecule has 1 saturated heterocycles. The summed E-state index contributed by atoms with van der Waals surface area (Å²) in [5.41, 5.74) is 0. The smallest absolute Gasteiger partial charge is 0.217 e. The number of hydrogen-bond acceptors (Lipinski definition) is 6. The van der Waals surface area contributed by atoms with Crippen molar-refractivity contribution >= 4 is 5.91 Å². The van der Waals surface area contributed by atoms with Crippen LogP contribution >= 0.6 is 0 Å². The number of hydrogen-bond donors (Lipinski definition) is 5. The molecule has 112 valence electrons. The number of ether oxygens (including phenoxy) is 1. The monoisotopic (exact) mass is 277 g/mol. The van der Waals surface area contributed by atoms with Gasteiger partial charge in [-0.2, -0.15) is 0 Å². The molecule has 1 fully saturated rings. The summed E-state index contributed by atoms with van der Waals surface area (Å²) in [5.74, 6) is -2.24. The van der Waals surface area contributed by atoms with E-state index in [4.69, 9.17) is 9.84 Å². The number of rotatable bonds is 5. The van der Waals surface area contributed by atoms with Gasteiger partial charge in [-0.3, -0.25) is 4.79 Å². The van der Waals surface area contributed by atoms with Gasteiger partial charge in [-0.15, -0.1) is 0 Å². The van der Waals surface area contributed by atoms with Gasteiger partial charge in [0.15, 0.2) is 5.79 Å². The summed E-state index contributed by atoms with van der Waals surface area (Å²) < 4.78 is 5.30. The Morgan fingerprint density at radius 1 is 1.37 bits per heavy atom. The van der Waals surface area contributed by atoms with E-state index >= 15 is 0 Å². The van der Waals surface area contributed by atoms with Crippen molar-refractivity contribution in [2.24, 2.45) is 0 Å². The number of carbonyl (C=O) groups is 1. The second kappa shape index (κ2) is 6.62. The molecule has 0 aliphatic carbocycles. The Bertz CT molecular complexity index is 313. The zero-order valence-electron chi connectivity index (χ0n) is 11.2. The summed E-state index contributed by atoms with van der Waals surface area (Å²) in [7, 11) is 0. The van der Waals surface area contributed by atoms with E-state index in [1.54, 1.807) is 0 Å². The molecular weight excluding hydrogens is 254 g/mol. The maximum Gasteiger partial charge on any atom is 0.217 e. The lowest BCUT2D eigenvalue weighted by Crippen LogP contribution is -2.70. The van der Waals surface area contributed by atoms with Crippen molar-refractivity contribution in [1.82, 2.24) is 5.32 Å². The normalized spacial score (nSPS) is 39.1. The minimum Gasteiger partial charge on any atom is -0.394 e. The molecule has 0 unspecified atom stereocenters. The Labute approximate surface area is 112 Å². The number of amides is 1. The second-order valence-corrected chi connectivity index (χ2v) is 4.95. The summed E-state index contributed by atoms with van der Waals surface area (Å²) in [6.07, 6.45) is -2.26. The van der Waals surface area contributed by atoms with E-state index in [-0.39, 0.29) is 6.42 Å². The standard InChI is InChI=1S/C12H23NO6/c1-3-4-5-12(18)11(13-7(2)15)10(17)9(16)8(6-14)19-12/h8-11,14,16-18H,3-6H2,1-2H3,(H,13,15)/t8-,9-,10+,11-,12-/m1/s1. The van der Waals surface area contributed by atoms with E-state index in [1.807, 2.05) is 6.92 Å². The zero-order valence-corrected chi connectivity index (χ0v) is 11.2. The van der Waals surface area contributed by atoms with Gasteiger partial charge in [0, 0.05) is 13.3 Å². The van der Waals surface area contributed by atoms with Crippen LogP contribution in [-0.4, -0.2) is 63.1 Å². The van der Waals surface area contributed by atoms with Crippen LogP contribution < -0.4 is 5.32 Å². The van der Waals surface area contributed by atoms with E-state index in [1.165, 1.54) is 6.92 Å². The molecule has 1 heterocycles. The van der Waals surface area contributed by atoms with E-state index in [9.17, 15) is 20.1 Å². The van der Waals surface area contributed by atoms with E-state index in [2.05, 4.69) is 5.32 Å². The molecule has 0 saturated carbocycles. The highest BCUT2D eigenvalue weighted by molar-refractivity contribution is 5.73. The molecule has 1 aliphatic heterocycles. The molecule has 19 heavy (non-hydrogen) atoms. The van der Waals surface area contributed by atoms with E-state index in [0.717, 1.165) is 6.42 Å². The van der Waals surface area contributed by atoms with Crippen LogP contribution in [0.3, 0.4) is 0 Å². The molecule has 0 radical (unpaired) electrons. The fourth-order valence-electron chi connectivity index (χ4n) is 2.30. The first kappa shape index (κ1) is 16.3. The zero-order chi connectivity index (χ0) is 14.6. The molecule has 5 N–H and O–H groups in total. The maximum absolute atomic E-state index is 11.2. The molecule has 1 aliphatic rings. The Morgan fingerprint density at radius 3 is 2.47 bits per heavy atom. The van der Waals surface area contributed by atoms with E-state index < -0.39 is 42.7 Å². The summed E-state index contributed by atoms with van der Waals surface area (Å²) in [4.78, 5) is 11.2. The van der Waals surface area contributed by atoms with Crippen molar-refractivity contribution < 1.29 is 30.0 Å². The highest BCUT2D eigenvalue weighted by atomic mass is 16.6. The average molecular weight is 277 g/mol. The topological polar surface area (TPSA) is 119 Å². The molecule has 0 aromatic rings. The lowest BCUT2D eigenvalue weighted by atomic mass is 9.87. The summed E-state index contributed by atoms with van der Waals surface area (Å²) in [6, 6.07) is -1.13. The third kappa shape index (κ3) is 3.64. The fourth-order valence-corrected chi connectivity index (χ4v) is 2.30. The molecule has 0 aromatic heterocycles. The van der Waals surface area contributed by atoms with Gasteiger partial charge in [0.2, 0.25) is 5.91 Å². The molecule has 0 bridgehead atoms. The average Bonchev–Trinajstić information content (AvgIpc) is 2.36. The highest BCUT2D eigenvalue weighted by Gasteiger charge is 2.52. The predicted octanol–water partition coefficient (Wildman–Crippen LogP) is -1.52. The van der Waals surface area contributed by atoms with Crippen LogP contribution in [0, 0.1) is 0 Å². The Hall–Kier alpha value is -0.730. The van der Waals surface area contributed by atoms with Gasteiger partial charge < -0.3 is 30.5 Å². The van der Waals surface area contributed by atoms with Crippen molar-refractivity contribution in [3.05, 3.63) is 0 Å². The molecule has 0 aromatic carbocycles. The van der Waals surface area contributed by atoms with Gasteiger partial charge in [0.1, 0.15) is 24.4 Å². The van der Waals surface area contributed by atoms with Crippen molar-refractivity contribution in [3.8, 4) is 0 Å². The van der Waals surface area contributed by atoms with Crippen LogP contribution in [0.1, 0.15) is 33.1 Å². The quantitative estimate of drug-likeness (QED) is 0.416. The maximum atomic E-state index is 11.2.